The molecule has 0 aliphatic rings. The van der Waals surface area contributed by atoms with E-state index in [2.05, 4.69) is 26.0 Å². The maximum atomic E-state index is 12.7. The fourth-order valence-electron chi connectivity index (χ4n) is 2.78. The Balaban J connectivity index is 1.63. The van der Waals surface area contributed by atoms with Gasteiger partial charge in [-0.2, -0.15) is 0 Å². The van der Waals surface area contributed by atoms with Crippen LogP contribution in [0.25, 0.3) is 0 Å². The first kappa shape index (κ1) is 23.3. The molecule has 0 fully saturated rings. The van der Waals surface area contributed by atoms with E-state index in [-0.39, 0.29) is 28.2 Å². The van der Waals surface area contributed by atoms with Crippen LogP contribution in [-0.2, 0) is 14.8 Å². The van der Waals surface area contributed by atoms with Crippen LogP contribution in [0.3, 0.4) is 0 Å². The highest BCUT2D eigenvalue weighted by Crippen LogP contribution is 2.28. The molecule has 0 aliphatic carbocycles. The molecule has 0 heterocycles. The van der Waals surface area contributed by atoms with Gasteiger partial charge in [0.05, 0.1) is 9.92 Å². The Kier molecular flexibility index (Phi) is 7.72. The zero-order chi connectivity index (χ0) is 22.4. The first-order chi connectivity index (χ1) is 14.7. The molecule has 3 rings (SSSR count). The van der Waals surface area contributed by atoms with Gasteiger partial charge in [-0.15, -0.1) is 0 Å². The average molecular weight is 524 g/mol. The Bertz CT molecular complexity index is 1170. The summed E-state index contributed by atoms with van der Waals surface area (Å²) >= 11 is 9.53. The van der Waals surface area contributed by atoms with Crippen LogP contribution >= 0.6 is 27.5 Å². The van der Waals surface area contributed by atoms with Crippen LogP contribution in [0.5, 0.6) is 5.75 Å². The van der Waals surface area contributed by atoms with Crippen LogP contribution < -0.4 is 14.8 Å². The molecule has 0 aromatic heterocycles. The normalized spacial score (nSPS) is 12.2. The molecular weight excluding hydrogens is 504 g/mol. The summed E-state index contributed by atoms with van der Waals surface area (Å²) in [6.07, 6.45) is 0. The fraction of sp³-hybridized carbons (Fsp3) is 0.136. The van der Waals surface area contributed by atoms with Crippen molar-refractivity contribution in [2.75, 3.05) is 11.9 Å². The second kappa shape index (κ2) is 10.3. The molecule has 0 radical (unpaired) electrons. The highest BCUT2D eigenvalue weighted by molar-refractivity contribution is 9.10. The van der Waals surface area contributed by atoms with Gasteiger partial charge >= 0.3 is 0 Å². The second-order valence-corrected chi connectivity index (χ2v) is 9.73. The molecular formula is C22H20BrClN2O4S. The summed E-state index contributed by atoms with van der Waals surface area (Å²) in [5.41, 5.74) is 1.46. The summed E-state index contributed by atoms with van der Waals surface area (Å²) in [5.74, 6) is -0.162. The van der Waals surface area contributed by atoms with Crippen molar-refractivity contribution >= 4 is 49.1 Å². The number of ether oxygens (including phenoxy) is 1. The van der Waals surface area contributed by atoms with Crippen LogP contribution in [0, 0.1) is 0 Å². The molecule has 0 spiro atoms. The molecule has 0 bridgehead atoms. The molecule has 6 nitrogen and oxygen atoms in total. The molecule has 0 unspecified atom stereocenters. The molecule has 3 aromatic rings. The van der Waals surface area contributed by atoms with E-state index in [0.717, 1.165) is 10.0 Å². The summed E-state index contributed by atoms with van der Waals surface area (Å²) in [4.78, 5) is 12.1. The van der Waals surface area contributed by atoms with Gasteiger partial charge in [-0.25, -0.2) is 13.1 Å². The first-order valence-electron chi connectivity index (χ1n) is 9.29. The van der Waals surface area contributed by atoms with E-state index < -0.39 is 16.1 Å². The van der Waals surface area contributed by atoms with E-state index in [1.807, 2.05) is 36.4 Å². The van der Waals surface area contributed by atoms with Gasteiger partial charge in [-0.3, -0.25) is 4.79 Å². The Morgan fingerprint density at radius 1 is 1.06 bits per heavy atom. The van der Waals surface area contributed by atoms with Gasteiger partial charge in [0.1, 0.15) is 5.75 Å². The van der Waals surface area contributed by atoms with Crippen LogP contribution in [0.4, 0.5) is 5.69 Å². The molecule has 0 saturated carbocycles. The lowest BCUT2D eigenvalue weighted by Gasteiger charge is -2.15. The second-order valence-electron chi connectivity index (χ2n) is 6.69. The largest absolute Gasteiger partial charge is 0.482 e. The lowest BCUT2D eigenvalue weighted by Crippen LogP contribution is -2.27. The summed E-state index contributed by atoms with van der Waals surface area (Å²) in [5, 5.41) is 2.79. The minimum Gasteiger partial charge on any atom is -0.482 e. The Labute approximate surface area is 194 Å². The number of amides is 1. The minimum atomic E-state index is -3.80. The van der Waals surface area contributed by atoms with Crippen molar-refractivity contribution in [2.45, 2.75) is 17.9 Å². The van der Waals surface area contributed by atoms with Gasteiger partial charge in [0.2, 0.25) is 10.0 Å². The molecule has 1 amide bonds. The third-order valence-corrected chi connectivity index (χ3v) is 6.64. The maximum Gasteiger partial charge on any atom is 0.262 e. The SMILES string of the molecule is C[C@@H](NS(=O)(=O)c1ccc(OCC(=O)Nc2cccc(Br)c2)c(Cl)c1)c1ccccc1. The van der Waals surface area contributed by atoms with Gasteiger partial charge in [-0.05, 0) is 48.9 Å². The highest BCUT2D eigenvalue weighted by atomic mass is 79.9. The molecule has 9 heteroatoms. The number of hydrogen-bond donors (Lipinski definition) is 2. The zero-order valence-electron chi connectivity index (χ0n) is 16.5. The number of benzene rings is 3. The van der Waals surface area contributed by atoms with E-state index in [1.165, 1.54) is 18.2 Å². The van der Waals surface area contributed by atoms with Gasteiger partial charge in [0, 0.05) is 16.2 Å². The quantitative estimate of drug-likeness (QED) is 0.427. The number of halogens is 2. The van der Waals surface area contributed by atoms with Crippen molar-refractivity contribution in [3.8, 4) is 5.75 Å². The summed E-state index contributed by atoms with van der Waals surface area (Å²) in [6, 6.07) is 20.1. The van der Waals surface area contributed by atoms with Gasteiger partial charge < -0.3 is 10.1 Å². The maximum absolute atomic E-state index is 12.7. The van der Waals surface area contributed by atoms with Crippen molar-refractivity contribution in [2.24, 2.45) is 0 Å². The zero-order valence-corrected chi connectivity index (χ0v) is 19.7. The van der Waals surface area contributed by atoms with E-state index in [0.29, 0.717) is 5.69 Å². The number of anilines is 1. The Morgan fingerprint density at radius 2 is 1.81 bits per heavy atom. The van der Waals surface area contributed by atoms with E-state index >= 15 is 0 Å². The monoisotopic (exact) mass is 522 g/mol. The number of carbonyl (C=O) groups is 1. The van der Waals surface area contributed by atoms with Crippen LogP contribution in [0.15, 0.2) is 82.2 Å². The van der Waals surface area contributed by atoms with Crippen molar-refractivity contribution in [3.63, 3.8) is 0 Å². The Morgan fingerprint density at radius 3 is 2.48 bits per heavy atom. The smallest absolute Gasteiger partial charge is 0.262 e. The Hall–Kier alpha value is -2.39. The summed E-state index contributed by atoms with van der Waals surface area (Å²) < 4.78 is 34.3. The third kappa shape index (κ3) is 6.54. The van der Waals surface area contributed by atoms with E-state index in [1.54, 1.807) is 25.1 Å². The minimum absolute atomic E-state index is 0.00576. The number of sulfonamides is 1. The van der Waals surface area contributed by atoms with Gasteiger partial charge in [-0.1, -0.05) is 63.9 Å². The van der Waals surface area contributed by atoms with Gasteiger partial charge in [0.25, 0.3) is 5.91 Å². The summed E-state index contributed by atoms with van der Waals surface area (Å²) in [7, 11) is -3.80. The molecule has 2 N–H and O–H groups in total. The van der Waals surface area contributed by atoms with Crippen molar-refractivity contribution in [1.29, 1.82) is 0 Å². The standard InChI is InChI=1S/C22H20BrClN2O4S/c1-15(16-6-3-2-4-7-16)26-31(28,29)19-10-11-21(20(24)13-19)30-14-22(27)25-18-9-5-8-17(23)12-18/h2-13,15,26H,14H2,1H3,(H,25,27)/t15-/m1/s1. The number of rotatable bonds is 8. The van der Waals surface area contributed by atoms with Crippen LogP contribution in [0.2, 0.25) is 5.02 Å². The van der Waals surface area contributed by atoms with E-state index in [9.17, 15) is 13.2 Å². The third-order valence-electron chi connectivity index (χ3n) is 4.31. The fourth-order valence-corrected chi connectivity index (χ4v) is 4.74. The molecule has 0 aliphatic heterocycles. The topological polar surface area (TPSA) is 84.5 Å². The average Bonchev–Trinajstić information content (AvgIpc) is 2.73. The predicted molar refractivity (Wildman–Crippen MR) is 125 cm³/mol. The first-order valence-corrected chi connectivity index (χ1v) is 11.9. The number of nitrogens with one attached hydrogen (secondary N) is 2. The lowest BCUT2D eigenvalue weighted by molar-refractivity contribution is -0.118. The van der Waals surface area contributed by atoms with Crippen molar-refractivity contribution in [3.05, 3.63) is 87.9 Å². The van der Waals surface area contributed by atoms with Crippen molar-refractivity contribution in [1.82, 2.24) is 4.72 Å². The molecule has 0 saturated heterocycles. The van der Waals surface area contributed by atoms with Gasteiger partial charge in [0.15, 0.2) is 6.61 Å². The predicted octanol–water partition coefficient (Wildman–Crippen LogP) is 5.16. The molecule has 1 atom stereocenters. The molecule has 3 aromatic carbocycles. The van der Waals surface area contributed by atoms with Crippen LogP contribution in [-0.4, -0.2) is 20.9 Å². The highest BCUT2D eigenvalue weighted by Gasteiger charge is 2.20. The lowest BCUT2D eigenvalue weighted by atomic mass is 10.1. The summed E-state index contributed by atoms with van der Waals surface area (Å²) in [6.45, 7) is 1.48. The van der Waals surface area contributed by atoms with E-state index in [4.69, 9.17) is 16.3 Å². The van der Waals surface area contributed by atoms with Crippen molar-refractivity contribution < 1.29 is 17.9 Å². The number of carbonyl (C=O) groups excluding carboxylic acids is 1. The number of hydrogen-bond acceptors (Lipinski definition) is 4. The molecule has 162 valence electrons. The van der Waals surface area contributed by atoms with Crippen LogP contribution in [0.1, 0.15) is 18.5 Å². The molecule has 31 heavy (non-hydrogen) atoms.